The van der Waals surface area contributed by atoms with E-state index in [1.165, 1.54) is 0 Å². The van der Waals surface area contributed by atoms with Crippen LogP contribution in [0.4, 0.5) is 0 Å². The highest BCUT2D eigenvalue weighted by Crippen LogP contribution is 2.11. The van der Waals surface area contributed by atoms with Gasteiger partial charge in [0.15, 0.2) is 6.29 Å². The summed E-state index contributed by atoms with van der Waals surface area (Å²) in [5, 5.41) is 0. The molecule has 0 bridgehead atoms. The van der Waals surface area contributed by atoms with Crippen LogP contribution in [0, 0.1) is 0 Å². The van der Waals surface area contributed by atoms with Gasteiger partial charge in [0, 0.05) is 12.1 Å². The maximum atomic E-state index is 5.42. The average molecular weight is 187 g/mol. The van der Waals surface area contributed by atoms with E-state index in [2.05, 4.69) is 32.6 Å². The molecule has 0 radical (unpaired) electrons. The highest BCUT2D eigenvalue weighted by Gasteiger charge is 2.22. The van der Waals surface area contributed by atoms with Gasteiger partial charge in [-0.1, -0.05) is 0 Å². The molecule has 1 aliphatic heterocycles. The molecule has 0 unspecified atom stereocenters. The van der Waals surface area contributed by atoms with E-state index in [4.69, 9.17) is 9.47 Å². The summed E-state index contributed by atoms with van der Waals surface area (Å²) >= 11 is 0. The lowest BCUT2D eigenvalue weighted by atomic mass is 10.2. The van der Waals surface area contributed by atoms with Gasteiger partial charge in [-0.15, -0.1) is 0 Å². The Bertz CT molecular complexity index is 134. The van der Waals surface area contributed by atoms with Gasteiger partial charge in [-0.2, -0.15) is 0 Å². The molecule has 0 aromatic heterocycles. The van der Waals surface area contributed by atoms with Crippen molar-refractivity contribution in [1.29, 1.82) is 0 Å². The van der Waals surface area contributed by atoms with E-state index in [1.807, 2.05) is 0 Å². The van der Waals surface area contributed by atoms with Crippen LogP contribution in [-0.2, 0) is 9.47 Å². The molecule has 0 spiro atoms. The second-order valence-corrected chi connectivity index (χ2v) is 4.06. The third-order valence-corrected chi connectivity index (χ3v) is 2.38. The Balaban J connectivity index is 2.37. The predicted octanol–water partition coefficient (Wildman–Crippen LogP) is 1.48. The largest absolute Gasteiger partial charge is 0.349 e. The zero-order chi connectivity index (χ0) is 9.84. The summed E-state index contributed by atoms with van der Waals surface area (Å²) in [6, 6.07) is 1.10. The Kier molecular flexibility index (Phi) is 4.16. The van der Waals surface area contributed by atoms with Gasteiger partial charge >= 0.3 is 0 Å². The van der Waals surface area contributed by atoms with Crippen LogP contribution in [0.25, 0.3) is 0 Å². The van der Waals surface area contributed by atoms with Gasteiger partial charge < -0.3 is 9.47 Å². The standard InChI is InChI=1S/C10H21NO2/c1-8(2)11(9(3)4)7-10-12-5-6-13-10/h8-10H,5-7H2,1-4H3. The van der Waals surface area contributed by atoms with Crippen LogP contribution in [0.2, 0.25) is 0 Å². The average Bonchev–Trinajstić information content (AvgIpc) is 2.50. The summed E-state index contributed by atoms with van der Waals surface area (Å²) in [4.78, 5) is 2.38. The lowest BCUT2D eigenvalue weighted by molar-refractivity contribution is -0.0719. The zero-order valence-electron chi connectivity index (χ0n) is 9.12. The fourth-order valence-corrected chi connectivity index (χ4v) is 1.70. The molecule has 13 heavy (non-hydrogen) atoms. The second-order valence-electron chi connectivity index (χ2n) is 4.06. The lowest BCUT2D eigenvalue weighted by Gasteiger charge is -2.31. The van der Waals surface area contributed by atoms with Crippen molar-refractivity contribution in [2.45, 2.75) is 46.1 Å². The summed E-state index contributed by atoms with van der Waals surface area (Å²) in [6.07, 6.45) is -0.00944. The van der Waals surface area contributed by atoms with Crippen molar-refractivity contribution >= 4 is 0 Å². The molecule has 0 aromatic rings. The van der Waals surface area contributed by atoms with Crippen molar-refractivity contribution in [3.05, 3.63) is 0 Å². The van der Waals surface area contributed by atoms with Crippen LogP contribution in [-0.4, -0.2) is 43.0 Å². The summed E-state index contributed by atoms with van der Waals surface area (Å²) < 4.78 is 10.8. The molecule has 0 N–H and O–H groups in total. The molecule has 1 saturated heterocycles. The first-order valence-corrected chi connectivity index (χ1v) is 5.10. The molecule has 1 rings (SSSR count). The molecule has 3 nitrogen and oxygen atoms in total. The predicted molar refractivity (Wildman–Crippen MR) is 52.7 cm³/mol. The van der Waals surface area contributed by atoms with E-state index in [0.29, 0.717) is 12.1 Å². The van der Waals surface area contributed by atoms with Crippen LogP contribution in [0.5, 0.6) is 0 Å². The number of rotatable bonds is 4. The summed E-state index contributed by atoms with van der Waals surface area (Å²) in [7, 11) is 0. The van der Waals surface area contributed by atoms with E-state index in [-0.39, 0.29) is 6.29 Å². The monoisotopic (exact) mass is 187 g/mol. The number of hydrogen-bond acceptors (Lipinski definition) is 3. The molecule has 0 amide bonds. The highest BCUT2D eigenvalue weighted by atomic mass is 16.7. The van der Waals surface area contributed by atoms with Gasteiger partial charge in [0.05, 0.1) is 19.8 Å². The molecule has 0 saturated carbocycles. The molecule has 0 aliphatic carbocycles. The SMILES string of the molecule is CC(C)N(CC1OCCO1)C(C)C. The molecule has 78 valence electrons. The second kappa shape index (κ2) is 4.94. The first kappa shape index (κ1) is 11.0. The molecule has 1 fully saturated rings. The Morgan fingerprint density at radius 2 is 1.54 bits per heavy atom. The van der Waals surface area contributed by atoms with Crippen LogP contribution in [0.3, 0.4) is 0 Å². The maximum Gasteiger partial charge on any atom is 0.170 e. The van der Waals surface area contributed by atoms with Crippen molar-refractivity contribution in [3.8, 4) is 0 Å². The van der Waals surface area contributed by atoms with Crippen LogP contribution < -0.4 is 0 Å². The molecular weight excluding hydrogens is 166 g/mol. The number of ether oxygens (including phenoxy) is 2. The summed E-state index contributed by atoms with van der Waals surface area (Å²) in [5.74, 6) is 0. The third kappa shape index (κ3) is 3.25. The Labute approximate surface area is 81.0 Å². The lowest BCUT2D eigenvalue weighted by Crippen LogP contribution is -2.42. The molecule has 3 heteroatoms. The van der Waals surface area contributed by atoms with E-state index < -0.39 is 0 Å². The normalized spacial score (nSPS) is 19.6. The Morgan fingerprint density at radius 3 is 1.92 bits per heavy atom. The van der Waals surface area contributed by atoms with E-state index in [0.717, 1.165) is 19.8 Å². The minimum atomic E-state index is -0.00944. The fraction of sp³-hybridized carbons (Fsp3) is 1.00. The minimum absolute atomic E-state index is 0.00944. The fourth-order valence-electron chi connectivity index (χ4n) is 1.70. The molecular formula is C10H21NO2. The third-order valence-electron chi connectivity index (χ3n) is 2.38. The van der Waals surface area contributed by atoms with E-state index >= 15 is 0 Å². The molecule has 0 atom stereocenters. The van der Waals surface area contributed by atoms with Crippen molar-refractivity contribution in [2.24, 2.45) is 0 Å². The van der Waals surface area contributed by atoms with Gasteiger partial charge in [0.2, 0.25) is 0 Å². The van der Waals surface area contributed by atoms with Crippen LogP contribution in [0.1, 0.15) is 27.7 Å². The smallest absolute Gasteiger partial charge is 0.170 e. The van der Waals surface area contributed by atoms with Crippen molar-refractivity contribution in [3.63, 3.8) is 0 Å². The van der Waals surface area contributed by atoms with Gasteiger partial charge in [0.1, 0.15) is 0 Å². The Morgan fingerprint density at radius 1 is 1.08 bits per heavy atom. The van der Waals surface area contributed by atoms with E-state index in [1.54, 1.807) is 0 Å². The van der Waals surface area contributed by atoms with Crippen molar-refractivity contribution in [1.82, 2.24) is 4.90 Å². The number of hydrogen-bond donors (Lipinski definition) is 0. The first-order chi connectivity index (χ1) is 6.11. The Hall–Kier alpha value is -0.120. The maximum absolute atomic E-state index is 5.42. The van der Waals surface area contributed by atoms with Gasteiger partial charge in [-0.25, -0.2) is 0 Å². The topological polar surface area (TPSA) is 21.7 Å². The van der Waals surface area contributed by atoms with E-state index in [9.17, 15) is 0 Å². The summed E-state index contributed by atoms with van der Waals surface area (Å²) in [5.41, 5.74) is 0. The molecule has 1 heterocycles. The van der Waals surface area contributed by atoms with Gasteiger partial charge in [0.25, 0.3) is 0 Å². The summed E-state index contributed by atoms with van der Waals surface area (Å²) in [6.45, 7) is 11.2. The van der Waals surface area contributed by atoms with Crippen molar-refractivity contribution in [2.75, 3.05) is 19.8 Å². The quantitative estimate of drug-likeness (QED) is 0.665. The minimum Gasteiger partial charge on any atom is -0.349 e. The zero-order valence-corrected chi connectivity index (χ0v) is 9.12. The molecule has 1 aliphatic rings. The molecule has 0 aromatic carbocycles. The van der Waals surface area contributed by atoms with Gasteiger partial charge in [-0.3, -0.25) is 4.90 Å². The van der Waals surface area contributed by atoms with Crippen LogP contribution in [0.15, 0.2) is 0 Å². The highest BCUT2D eigenvalue weighted by molar-refractivity contribution is 4.70. The first-order valence-electron chi connectivity index (χ1n) is 5.10. The van der Waals surface area contributed by atoms with Crippen molar-refractivity contribution < 1.29 is 9.47 Å². The van der Waals surface area contributed by atoms with Crippen LogP contribution >= 0.6 is 0 Å². The number of nitrogens with zero attached hydrogens (tertiary/aromatic N) is 1. The van der Waals surface area contributed by atoms with Gasteiger partial charge in [-0.05, 0) is 27.7 Å².